The molecule has 0 radical (unpaired) electrons. The number of benzene rings is 4. The summed E-state index contributed by atoms with van der Waals surface area (Å²) in [6.07, 6.45) is 0. The van der Waals surface area contributed by atoms with Crippen LogP contribution in [0.25, 0.3) is 0 Å². The van der Waals surface area contributed by atoms with Crippen molar-refractivity contribution in [1.82, 2.24) is 0 Å². The minimum atomic E-state index is -1.92. The summed E-state index contributed by atoms with van der Waals surface area (Å²) in [5, 5.41) is 0. The lowest BCUT2D eigenvalue weighted by atomic mass is 9.65. The van der Waals surface area contributed by atoms with Gasteiger partial charge in [-0.1, -0.05) is 109 Å². The van der Waals surface area contributed by atoms with Gasteiger partial charge in [0.15, 0.2) is 11.3 Å². The Labute approximate surface area is 163 Å². The monoisotopic (exact) mass is 368 g/mol. The van der Waals surface area contributed by atoms with Gasteiger partial charge in [-0.15, -0.1) is 0 Å². The van der Waals surface area contributed by atoms with E-state index >= 15 is 8.78 Å². The maximum absolute atomic E-state index is 17.0. The minimum absolute atomic E-state index is 0.353. The van der Waals surface area contributed by atoms with Gasteiger partial charge in [0.2, 0.25) is 0 Å². The summed E-state index contributed by atoms with van der Waals surface area (Å²) in [5.74, 6) is 0. The number of fused-ring (bicyclic) bond motifs is 2. The molecular weight excluding hydrogens is 350 g/mol. The second-order valence-electron chi connectivity index (χ2n) is 7.14. The van der Waals surface area contributed by atoms with E-state index < -0.39 is 11.3 Å². The molecular formula is C26H18F2. The molecule has 0 amide bonds. The number of hydrogen-bond acceptors (Lipinski definition) is 0. The summed E-state index contributed by atoms with van der Waals surface area (Å²) in [5.41, 5.74) is -1.41. The van der Waals surface area contributed by atoms with Crippen molar-refractivity contribution < 1.29 is 8.78 Å². The summed E-state index contributed by atoms with van der Waals surface area (Å²) in [4.78, 5) is 0. The number of alkyl halides is 2. The average molecular weight is 368 g/mol. The van der Waals surface area contributed by atoms with Gasteiger partial charge in [-0.05, 0) is 11.1 Å². The Hall–Kier alpha value is -3.26. The van der Waals surface area contributed by atoms with Crippen LogP contribution in [0.15, 0.2) is 109 Å². The van der Waals surface area contributed by atoms with Crippen molar-refractivity contribution in [3.8, 4) is 0 Å². The summed E-state index contributed by atoms with van der Waals surface area (Å²) < 4.78 is 34.0. The van der Waals surface area contributed by atoms with E-state index in [1.807, 2.05) is 36.4 Å². The highest BCUT2D eigenvalue weighted by Gasteiger charge is 2.53. The predicted molar refractivity (Wildman–Crippen MR) is 108 cm³/mol. The standard InChI is InChI=1S/C26H18F2/c27-25(19-11-3-1-4-12-19)21-15-7-9-17-23(21)26(28,20-13-5-2-6-14-20)24-18-10-8-16-22(24)25/h1-18H. The smallest absolute Gasteiger partial charge is 0.187 e. The van der Waals surface area contributed by atoms with E-state index in [4.69, 9.17) is 0 Å². The van der Waals surface area contributed by atoms with Crippen molar-refractivity contribution >= 4 is 0 Å². The Bertz CT molecular complexity index is 994. The Morgan fingerprint density at radius 1 is 0.357 bits per heavy atom. The molecule has 0 N–H and O–H groups in total. The van der Waals surface area contributed by atoms with Crippen molar-refractivity contribution in [1.29, 1.82) is 0 Å². The molecule has 0 aliphatic heterocycles. The van der Waals surface area contributed by atoms with Crippen LogP contribution >= 0.6 is 0 Å². The van der Waals surface area contributed by atoms with Gasteiger partial charge in [0.1, 0.15) is 0 Å². The van der Waals surface area contributed by atoms with Crippen LogP contribution in [0.5, 0.6) is 0 Å². The highest BCUT2D eigenvalue weighted by molar-refractivity contribution is 5.65. The zero-order valence-electron chi connectivity index (χ0n) is 15.1. The average Bonchev–Trinajstić information content (AvgIpc) is 2.79. The lowest BCUT2D eigenvalue weighted by Crippen LogP contribution is -2.39. The van der Waals surface area contributed by atoms with E-state index in [0.717, 1.165) is 0 Å². The van der Waals surface area contributed by atoms with Gasteiger partial charge in [0.25, 0.3) is 0 Å². The lowest BCUT2D eigenvalue weighted by molar-refractivity contribution is 0.215. The van der Waals surface area contributed by atoms with E-state index in [-0.39, 0.29) is 0 Å². The first-order valence-corrected chi connectivity index (χ1v) is 9.35. The molecule has 4 aromatic carbocycles. The highest BCUT2D eigenvalue weighted by atomic mass is 19.1. The first-order chi connectivity index (χ1) is 13.7. The summed E-state index contributed by atoms with van der Waals surface area (Å²) in [7, 11) is 0. The Morgan fingerprint density at radius 3 is 0.893 bits per heavy atom. The number of halogens is 2. The third kappa shape index (κ3) is 2.15. The van der Waals surface area contributed by atoms with Crippen molar-refractivity contribution in [2.45, 2.75) is 11.3 Å². The Morgan fingerprint density at radius 2 is 0.607 bits per heavy atom. The molecule has 0 aromatic heterocycles. The Balaban J connectivity index is 1.91. The molecule has 0 unspecified atom stereocenters. The summed E-state index contributed by atoms with van der Waals surface area (Å²) in [6, 6.07) is 31.9. The fraction of sp³-hybridized carbons (Fsp3) is 0.0769. The van der Waals surface area contributed by atoms with Gasteiger partial charge in [-0.3, -0.25) is 0 Å². The molecule has 5 rings (SSSR count). The van der Waals surface area contributed by atoms with Crippen LogP contribution in [0.1, 0.15) is 33.4 Å². The highest BCUT2D eigenvalue weighted by Crippen LogP contribution is 2.56. The van der Waals surface area contributed by atoms with Crippen molar-refractivity contribution in [2.24, 2.45) is 0 Å². The lowest BCUT2D eigenvalue weighted by Gasteiger charge is -2.42. The maximum atomic E-state index is 17.0. The van der Waals surface area contributed by atoms with Gasteiger partial charge in [-0.25, -0.2) is 8.78 Å². The molecule has 0 spiro atoms. The van der Waals surface area contributed by atoms with E-state index in [1.165, 1.54) is 0 Å². The van der Waals surface area contributed by atoms with Crippen LogP contribution in [0.3, 0.4) is 0 Å². The van der Waals surface area contributed by atoms with Crippen LogP contribution < -0.4 is 0 Å². The van der Waals surface area contributed by atoms with E-state index in [0.29, 0.717) is 33.4 Å². The predicted octanol–water partition coefficient (Wildman–Crippen LogP) is 6.52. The molecule has 0 bridgehead atoms. The second kappa shape index (κ2) is 6.13. The fourth-order valence-electron chi connectivity index (χ4n) is 4.42. The van der Waals surface area contributed by atoms with Crippen LogP contribution in [0, 0.1) is 0 Å². The topological polar surface area (TPSA) is 0 Å². The molecule has 0 nitrogen and oxygen atoms in total. The van der Waals surface area contributed by atoms with Crippen molar-refractivity contribution in [3.63, 3.8) is 0 Å². The number of hydrogen-bond donors (Lipinski definition) is 0. The zero-order valence-corrected chi connectivity index (χ0v) is 15.1. The van der Waals surface area contributed by atoms with Crippen LogP contribution in [-0.2, 0) is 11.3 Å². The van der Waals surface area contributed by atoms with Crippen LogP contribution in [0.4, 0.5) is 8.78 Å². The Kier molecular flexibility index (Phi) is 3.70. The third-order valence-electron chi connectivity index (χ3n) is 5.68. The van der Waals surface area contributed by atoms with Gasteiger partial charge in [0, 0.05) is 22.3 Å². The molecule has 4 aromatic rings. The molecule has 0 atom stereocenters. The van der Waals surface area contributed by atoms with Gasteiger partial charge in [0.05, 0.1) is 0 Å². The molecule has 0 heterocycles. The molecule has 0 saturated heterocycles. The first kappa shape index (κ1) is 16.9. The van der Waals surface area contributed by atoms with Gasteiger partial charge >= 0.3 is 0 Å². The summed E-state index contributed by atoms with van der Waals surface area (Å²) >= 11 is 0. The number of rotatable bonds is 2. The SMILES string of the molecule is FC1(c2ccccc2)c2ccccc2C(F)(c2ccccc2)c2ccccc21. The quantitative estimate of drug-likeness (QED) is 0.378. The molecule has 0 fully saturated rings. The van der Waals surface area contributed by atoms with Crippen LogP contribution in [-0.4, -0.2) is 0 Å². The fourth-order valence-corrected chi connectivity index (χ4v) is 4.42. The molecule has 1 aliphatic rings. The molecule has 0 saturated carbocycles. The van der Waals surface area contributed by atoms with E-state index in [9.17, 15) is 0 Å². The first-order valence-electron chi connectivity index (χ1n) is 9.35. The minimum Gasteiger partial charge on any atom is -0.228 e. The normalized spacial score (nSPS) is 22.9. The van der Waals surface area contributed by atoms with E-state index in [2.05, 4.69) is 0 Å². The van der Waals surface area contributed by atoms with E-state index in [1.54, 1.807) is 72.8 Å². The van der Waals surface area contributed by atoms with Crippen molar-refractivity contribution in [3.05, 3.63) is 143 Å². The maximum Gasteiger partial charge on any atom is 0.187 e. The zero-order chi connectivity index (χ0) is 19.2. The van der Waals surface area contributed by atoms with Crippen molar-refractivity contribution in [2.75, 3.05) is 0 Å². The molecule has 2 heteroatoms. The second-order valence-corrected chi connectivity index (χ2v) is 7.14. The van der Waals surface area contributed by atoms with Gasteiger partial charge < -0.3 is 0 Å². The van der Waals surface area contributed by atoms with Gasteiger partial charge in [-0.2, -0.15) is 0 Å². The molecule has 1 aliphatic carbocycles. The largest absolute Gasteiger partial charge is 0.228 e. The van der Waals surface area contributed by atoms with Crippen LogP contribution in [0.2, 0.25) is 0 Å². The summed E-state index contributed by atoms with van der Waals surface area (Å²) in [6.45, 7) is 0. The molecule has 136 valence electrons. The third-order valence-corrected chi connectivity index (χ3v) is 5.68. The molecule has 28 heavy (non-hydrogen) atoms.